The fourth-order valence-electron chi connectivity index (χ4n) is 2.06. The minimum absolute atomic E-state index is 0.0121. The Balaban J connectivity index is 2.23. The topological polar surface area (TPSA) is 63.7 Å². The van der Waals surface area contributed by atoms with Crippen LogP contribution in [0.25, 0.3) is 0 Å². The van der Waals surface area contributed by atoms with E-state index in [4.69, 9.17) is 4.74 Å². The lowest BCUT2D eigenvalue weighted by atomic mass is 10.1. The number of halogens is 1. The molecule has 1 aliphatic heterocycles. The van der Waals surface area contributed by atoms with Crippen molar-refractivity contribution in [2.75, 3.05) is 11.4 Å². The second kappa shape index (κ2) is 5.27. The Morgan fingerprint density at radius 1 is 1.29 bits per heavy atom. The van der Waals surface area contributed by atoms with E-state index in [0.29, 0.717) is 0 Å². The zero-order chi connectivity index (χ0) is 15.8. The number of ether oxygens (including phenoxy) is 1. The lowest BCUT2D eigenvalue weighted by Gasteiger charge is -2.21. The molecule has 0 aliphatic carbocycles. The van der Waals surface area contributed by atoms with Gasteiger partial charge in [0.1, 0.15) is 17.3 Å². The molecule has 1 heterocycles. The number of anilines is 1. The van der Waals surface area contributed by atoms with E-state index < -0.39 is 35.0 Å². The van der Waals surface area contributed by atoms with Gasteiger partial charge in [-0.05, 0) is 32.9 Å². The molecule has 5 nitrogen and oxygen atoms in total. The summed E-state index contributed by atoms with van der Waals surface area (Å²) in [5, 5.41) is 0. The average Bonchev–Trinajstić information content (AvgIpc) is 2.65. The van der Waals surface area contributed by atoms with Crippen molar-refractivity contribution in [3.05, 3.63) is 30.1 Å². The summed E-state index contributed by atoms with van der Waals surface area (Å²) in [6, 6.07) is 5.61. The van der Waals surface area contributed by atoms with Crippen LogP contribution in [-0.4, -0.2) is 29.8 Å². The number of para-hydroxylation sites is 1. The molecule has 0 radical (unpaired) electrons. The highest BCUT2D eigenvalue weighted by Gasteiger charge is 2.46. The zero-order valence-corrected chi connectivity index (χ0v) is 12.1. The van der Waals surface area contributed by atoms with Gasteiger partial charge >= 0.3 is 5.97 Å². The highest BCUT2D eigenvalue weighted by molar-refractivity contribution is 6.47. The number of nitrogens with zero attached hydrogens (tertiary/aromatic N) is 1. The number of ketones is 1. The molecule has 0 bridgehead atoms. The summed E-state index contributed by atoms with van der Waals surface area (Å²) < 4.78 is 18.8. The van der Waals surface area contributed by atoms with Crippen LogP contribution in [0, 0.1) is 11.7 Å². The fourth-order valence-corrected chi connectivity index (χ4v) is 2.06. The molecule has 1 saturated heterocycles. The standard InChI is InChI=1S/C15H16FNO4/c1-15(2,3)21-14(20)9-8-17(13(19)12(9)18)11-7-5-4-6-10(11)16/h4-7,9H,8H2,1-3H3. The summed E-state index contributed by atoms with van der Waals surface area (Å²) in [4.78, 5) is 36.8. The fraction of sp³-hybridized carbons (Fsp3) is 0.400. The Hall–Kier alpha value is -2.24. The Kier molecular flexibility index (Phi) is 3.80. The van der Waals surface area contributed by atoms with E-state index in [1.165, 1.54) is 18.2 Å². The van der Waals surface area contributed by atoms with Gasteiger partial charge in [0.2, 0.25) is 5.78 Å². The molecule has 2 rings (SSSR count). The Morgan fingerprint density at radius 3 is 2.48 bits per heavy atom. The van der Waals surface area contributed by atoms with Crippen LogP contribution >= 0.6 is 0 Å². The number of carbonyl (C=O) groups is 3. The first-order chi connectivity index (χ1) is 9.70. The van der Waals surface area contributed by atoms with Crippen LogP contribution < -0.4 is 4.90 Å². The van der Waals surface area contributed by atoms with Crippen LogP contribution in [-0.2, 0) is 19.1 Å². The van der Waals surface area contributed by atoms with Crippen LogP contribution in [0.3, 0.4) is 0 Å². The number of hydrogen-bond acceptors (Lipinski definition) is 4. The lowest BCUT2D eigenvalue weighted by Crippen LogP contribution is -2.32. The Labute approximate surface area is 121 Å². The van der Waals surface area contributed by atoms with Gasteiger partial charge in [0.05, 0.1) is 5.69 Å². The highest BCUT2D eigenvalue weighted by Crippen LogP contribution is 2.26. The maximum absolute atomic E-state index is 13.7. The summed E-state index contributed by atoms with van der Waals surface area (Å²) in [5.41, 5.74) is -0.770. The predicted octanol–water partition coefficient (Wildman–Crippen LogP) is 1.70. The molecular weight excluding hydrogens is 277 g/mol. The van der Waals surface area contributed by atoms with E-state index in [9.17, 15) is 18.8 Å². The third-order valence-electron chi connectivity index (χ3n) is 2.97. The first-order valence-electron chi connectivity index (χ1n) is 6.54. The van der Waals surface area contributed by atoms with Gasteiger partial charge in [-0.15, -0.1) is 0 Å². The second-order valence-electron chi connectivity index (χ2n) is 5.82. The van der Waals surface area contributed by atoms with E-state index in [1.807, 2.05) is 0 Å². The van der Waals surface area contributed by atoms with Gasteiger partial charge in [0, 0.05) is 6.54 Å². The third-order valence-corrected chi connectivity index (χ3v) is 2.97. The molecule has 0 aromatic heterocycles. The minimum atomic E-state index is -1.21. The molecule has 6 heteroatoms. The second-order valence-corrected chi connectivity index (χ2v) is 5.82. The summed E-state index contributed by atoms with van der Waals surface area (Å²) >= 11 is 0. The number of hydrogen-bond donors (Lipinski definition) is 0. The number of carbonyl (C=O) groups excluding carboxylic acids is 3. The molecule has 1 aromatic rings. The molecule has 0 spiro atoms. The number of rotatable bonds is 2. The molecule has 1 aromatic carbocycles. The molecule has 21 heavy (non-hydrogen) atoms. The summed E-state index contributed by atoms with van der Waals surface area (Å²) in [7, 11) is 0. The van der Waals surface area contributed by atoms with Gasteiger partial charge in [-0.3, -0.25) is 14.4 Å². The van der Waals surface area contributed by atoms with Crippen molar-refractivity contribution in [2.24, 2.45) is 5.92 Å². The van der Waals surface area contributed by atoms with Gasteiger partial charge in [0.15, 0.2) is 0 Å². The SMILES string of the molecule is CC(C)(C)OC(=O)C1CN(c2ccccc2F)C(=O)C1=O. The van der Waals surface area contributed by atoms with E-state index >= 15 is 0 Å². The maximum atomic E-state index is 13.7. The molecule has 1 aliphatic rings. The van der Waals surface area contributed by atoms with Crippen LogP contribution in [0.1, 0.15) is 20.8 Å². The summed E-state index contributed by atoms with van der Waals surface area (Å²) in [6.07, 6.45) is 0. The first-order valence-corrected chi connectivity index (χ1v) is 6.54. The van der Waals surface area contributed by atoms with E-state index in [-0.39, 0.29) is 12.2 Å². The monoisotopic (exact) mass is 293 g/mol. The smallest absolute Gasteiger partial charge is 0.319 e. The van der Waals surface area contributed by atoms with Gasteiger partial charge in [-0.2, -0.15) is 0 Å². The predicted molar refractivity (Wildman–Crippen MR) is 73.1 cm³/mol. The van der Waals surface area contributed by atoms with Gasteiger partial charge in [-0.25, -0.2) is 4.39 Å². The van der Waals surface area contributed by atoms with Crippen molar-refractivity contribution in [2.45, 2.75) is 26.4 Å². The van der Waals surface area contributed by atoms with Crippen LogP contribution in [0.2, 0.25) is 0 Å². The Bertz CT molecular complexity index is 606. The number of amides is 1. The number of benzene rings is 1. The van der Waals surface area contributed by atoms with E-state index in [2.05, 4.69) is 0 Å². The van der Waals surface area contributed by atoms with Crippen molar-refractivity contribution in [3.63, 3.8) is 0 Å². The zero-order valence-electron chi connectivity index (χ0n) is 12.1. The van der Waals surface area contributed by atoms with Gasteiger partial charge in [0.25, 0.3) is 5.91 Å². The van der Waals surface area contributed by atoms with E-state index in [1.54, 1.807) is 26.8 Å². The van der Waals surface area contributed by atoms with Gasteiger partial charge in [-0.1, -0.05) is 12.1 Å². The van der Waals surface area contributed by atoms with Crippen molar-refractivity contribution < 1.29 is 23.5 Å². The molecule has 1 amide bonds. The van der Waals surface area contributed by atoms with Crippen molar-refractivity contribution >= 4 is 23.3 Å². The number of Topliss-reactive ketones (excluding diaryl/α,β-unsaturated/α-hetero) is 1. The molecule has 1 unspecified atom stereocenters. The molecule has 112 valence electrons. The van der Waals surface area contributed by atoms with Crippen LogP contribution in [0.15, 0.2) is 24.3 Å². The molecule has 0 N–H and O–H groups in total. The third kappa shape index (κ3) is 3.09. The van der Waals surface area contributed by atoms with E-state index in [0.717, 1.165) is 4.90 Å². The molecular formula is C15H16FNO4. The first kappa shape index (κ1) is 15.2. The van der Waals surface area contributed by atoms with Crippen molar-refractivity contribution in [3.8, 4) is 0 Å². The molecule has 1 atom stereocenters. The summed E-state index contributed by atoms with van der Waals surface area (Å²) in [5.74, 6) is -4.36. The lowest BCUT2D eigenvalue weighted by molar-refractivity contribution is -0.161. The largest absolute Gasteiger partial charge is 0.459 e. The molecule has 1 fully saturated rings. The van der Waals surface area contributed by atoms with Crippen molar-refractivity contribution in [1.82, 2.24) is 0 Å². The highest BCUT2D eigenvalue weighted by atomic mass is 19.1. The van der Waals surface area contributed by atoms with Crippen LogP contribution in [0.4, 0.5) is 10.1 Å². The quantitative estimate of drug-likeness (QED) is 0.473. The average molecular weight is 293 g/mol. The maximum Gasteiger partial charge on any atom is 0.319 e. The minimum Gasteiger partial charge on any atom is -0.459 e. The normalized spacial score (nSPS) is 19.0. The molecule has 0 saturated carbocycles. The Morgan fingerprint density at radius 2 is 1.90 bits per heavy atom. The summed E-state index contributed by atoms with van der Waals surface area (Å²) in [6.45, 7) is 4.80. The van der Waals surface area contributed by atoms with Crippen LogP contribution in [0.5, 0.6) is 0 Å². The van der Waals surface area contributed by atoms with Gasteiger partial charge < -0.3 is 9.64 Å². The van der Waals surface area contributed by atoms with Crippen molar-refractivity contribution in [1.29, 1.82) is 0 Å². The number of esters is 1.